The average Bonchev–Trinajstić information content (AvgIpc) is 2.66. The van der Waals surface area contributed by atoms with E-state index in [2.05, 4.69) is 12.2 Å². The molecule has 0 saturated carbocycles. The molecule has 2 aromatic rings. The van der Waals surface area contributed by atoms with E-state index in [1.807, 2.05) is 60.7 Å². The van der Waals surface area contributed by atoms with E-state index < -0.39 is 0 Å². The predicted molar refractivity (Wildman–Crippen MR) is 98.7 cm³/mol. The molecule has 2 rings (SSSR count). The molecule has 1 amide bonds. The number of ether oxygens (including phenoxy) is 1. The lowest BCUT2D eigenvalue weighted by atomic mass is 10.1. The molecule has 0 bridgehead atoms. The van der Waals surface area contributed by atoms with E-state index in [0.717, 1.165) is 29.7 Å². The van der Waals surface area contributed by atoms with Crippen molar-refractivity contribution in [2.24, 2.45) is 0 Å². The monoisotopic (exact) mass is 334 g/mol. The fraction of sp³-hybridized carbons (Fsp3) is 0.238. The van der Waals surface area contributed by atoms with Gasteiger partial charge in [-0.3, -0.25) is 4.79 Å². The highest BCUT2D eigenvalue weighted by Crippen LogP contribution is 2.15. The lowest BCUT2D eigenvalue weighted by molar-refractivity contribution is -0.117. The van der Waals surface area contributed by atoms with Gasteiger partial charge in [-0.15, -0.1) is 0 Å². The van der Waals surface area contributed by atoms with Crippen molar-refractivity contribution in [2.45, 2.75) is 26.3 Å². The Hall–Kier alpha value is -3.06. The number of amides is 1. The lowest BCUT2D eigenvalue weighted by Gasteiger charge is -2.06. The summed E-state index contributed by atoms with van der Waals surface area (Å²) in [6.45, 7) is 3.20. The maximum Gasteiger partial charge on any atom is 0.262 e. The van der Waals surface area contributed by atoms with Crippen molar-refractivity contribution in [3.05, 3.63) is 71.3 Å². The highest BCUT2D eigenvalue weighted by atomic mass is 16.5. The first-order valence-corrected chi connectivity index (χ1v) is 8.39. The summed E-state index contributed by atoms with van der Waals surface area (Å²) < 4.78 is 5.60. The SMILES string of the molecule is CCCCOc1ccc(/C=C(/C#N)C(=O)NCc2ccccc2)cc1. The van der Waals surface area contributed by atoms with Crippen LogP contribution >= 0.6 is 0 Å². The van der Waals surface area contributed by atoms with Gasteiger partial charge in [0.1, 0.15) is 17.4 Å². The van der Waals surface area contributed by atoms with Crippen LogP contribution in [0.3, 0.4) is 0 Å². The van der Waals surface area contributed by atoms with Gasteiger partial charge in [-0.05, 0) is 35.8 Å². The zero-order chi connectivity index (χ0) is 17.9. The molecule has 1 N–H and O–H groups in total. The second kappa shape index (κ2) is 9.94. The van der Waals surface area contributed by atoms with Crippen molar-refractivity contribution in [1.82, 2.24) is 5.32 Å². The fourth-order valence-corrected chi connectivity index (χ4v) is 2.18. The largest absolute Gasteiger partial charge is 0.494 e. The van der Waals surface area contributed by atoms with Crippen molar-refractivity contribution < 1.29 is 9.53 Å². The average molecular weight is 334 g/mol. The molecule has 25 heavy (non-hydrogen) atoms. The Morgan fingerprint density at radius 3 is 2.52 bits per heavy atom. The van der Waals surface area contributed by atoms with Crippen LogP contribution in [-0.4, -0.2) is 12.5 Å². The van der Waals surface area contributed by atoms with Gasteiger partial charge in [0.05, 0.1) is 6.61 Å². The number of nitrogens with one attached hydrogen (secondary N) is 1. The van der Waals surface area contributed by atoms with Gasteiger partial charge in [0, 0.05) is 6.54 Å². The fourth-order valence-electron chi connectivity index (χ4n) is 2.18. The second-order valence-corrected chi connectivity index (χ2v) is 5.61. The highest BCUT2D eigenvalue weighted by Gasteiger charge is 2.08. The molecule has 0 heterocycles. The Bertz CT molecular complexity index is 744. The van der Waals surface area contributed by atoms with E-state index in [-0.39, 0.29) is 11.5 Å². The zero-order valence-electron chi connectivity index (χ0n) is 14.4. The van der Waals surface area contributed by atoms with Crippen molar-refractivity contribution in [3.63, 3.8) is 0 Å². The Kier molecular flexibility index (Phi) is 7.27. The highest BCUT2D eigenvalue weighted by molar-refractivity contribution is 6.01. The summed E-state index contributed by atoms with van der Waals surface area (Å²) in [4.78, 5) is 12.2. The molecule has 0 saturated heterocycles. The summed E-state index contributed by atoms with van der Waals surface area (Å²) in [5.41, 5.74) is 1.85. The molecule has 0 aliphatic heterocycles. The van der Waals surface area contributed by atoms with Crippen molar-refractivity contribution in [2.75, 3.05) is 6.61 Å². The van der Waals surface area contributed by atoms with E-state index >= 15 is 0 Å². The quantitative estimate of drug-likeness (QED) is 0.449. The Balaban J connectivity index is 1.96. The van der Waals surface area contributed by atoms with Gasteiger partial charge in [0.25, 0.3) is 5.91 Å². The second-order valence-electron chi connectivity index (χ2n) is 5.61. The van der Waals surface area contributed by atoms with Crippen molar-refractivity contribution in [1.29, 1.82) is 5.26 Å². The maximum absolute atomic E-state index is 12.2. The summed E-state index contributed by atoms with van der Waals surface area (Å²) >= 11 is 0. The van der Waals surface area contributed by atoms with Gasteiger partial charge in [-0.25, -0.2) is 0 Å². The summed E-state index contributed by atoms with van der Waals surface area (Å²) in [6, 6.07) is 18.9. The number of carbonyl (C=O) groups is 1. The minimum Gasteiger partial charge on any atom is -0.494 e. The summed E-state index contributed by atoms with van der Waals surface area (Å²) in [5, 5.41) is 12.0. The van der Waals surface area contributed by atoms with Crippen LogP contribution in [-0.2, 0) is 11.3 Å². The number of rotatable bonds is 8. The Morgan fingerprint density at radius 1 is 1.16 bits per heavy atom. The molecule has 0 unspecified atom stereocenters. The van der Waals surface area contributed by atoms with Crippen LogP contribution in [0.1, 0.15) is 30.9 Å². The van der Waals surface area contributed by atoms with Gasteiger partial charge in [-0.1, -0.05) is 55.8 Å². The Labute approximate surface area is 148 Å². The van der Waals surface area contributed by atoms with Gasteiger partial charge < -0.3 is 10.1 Å². The molecule has 4 nitrogen and oxygen atoms in total. The van der Waals surface area contributed by atoms with Crippen LogP contribution in [0.15, 0.2) is 60.2 Å². The molecule has 4 heteroatoms. The first kappa shape index (κ1) is 18.3. The van der Waals surface area contributed by atoms with Crippen LogP contribution in [0.4, 0.5) is 0 Å². The topological polar surface area (TPSA) is 62.1 Å². The molecule has 2 aromatic carbocycles. The molecular weight excluding hydrogens is 312 g/mol. The first-order chi connectivity index (χ1) is 12.2. The number of nitriles is 1. The number of hydrogen-bond donors (Lipinski definition) is 1. The molecular formula is C21H22N2O2. The molecule has 0 fully saturated rings. The van der Waals surface area contributed by atoms with Gasteiger partial charge in [-0.2, -0.15) is 5.26 Å². The van der Waals surface area contributed by atoms with Crippen LogP contribution < -0.4 is 10.1 Å². The van der Waals surface area contributed by atoms with Crippen molar-refractivity contribution >= 4 is 12.0 Å². The van der Waals surface area contributed by atoms with E-state index in [1.54, 1.807) is 6.08 Å². The molecule has 0 atom stereocenters. The third-order valence-electron chi connectivity index (χ3n) is 3.62. The van der Waals surface area contributed by atoms with Gasteiger partial charge in [0.15, 0.2) is 0 Å². The number of unbranched alkanes of at least 4 members (excludes halogenated alkanes) is 1. The maximum atomic E-state index is 12.2. The minimum atomic E-state index is -0.380. The first-order valence-electron chi connectivity index (χ1n) is 8.39. The number of carbonyl (C=O) groups excluding carboxylic acids is 1. The number of nitrogens with zero attached hydrogens (tertiary/aromatic N) is 1. The Morgan fingerprint density at radius 2 is 1.88 bits per heavy atom. The molecule has 128 valence electrons. The zero-order valence-corrected chi connectivity index (χ0v) is 14.4. The summed E-state index contributed by atoms with van der Waals surface area (Å²) in [7, 11) is 0. The molecule has 0 aliphatic rings. The normalized spacial score (nSPS) is 10.8. The molecule has 0 aliphatic carbocycles. The molecule has 0 spiro atoms. The van der Waals surface area contributed by atoms with Gasteiger partial charge in [0.2, 0.25) is 0 Å². The molecule has 0 aromatic heterocycles. The smallest absolute Gasteiger partial charge is 0.262 e. The van der Waals surface area contributed by atoms with Crippen LogP contribution in [0, 0.1) is 11.3 Å². The van der Waals surface area contributed by atoms with Gasteiger partial charge >= 0.3 is 0 Å². The molecule has 0 radical (unpaired) electrons. The standard InChI is InChI=1S/C21H22N2O2/c1-2-3-13-25-20-11-9-17(10-12-20)14-19(15-22)21(24)23-16-18-7-5-4-6-8-18/h4-12,14H,2-3,13,16H2,1H3,(H,23,24)/b19-14-. The lowest BCUT2D eigenvalue weighted by Crippen LogP contribution is -2.23. The summed E-state index contributed by atoms with van der Waals surface area (Å²) in [5.74, 6) is 0.410. The minimum absolute atomic E-state index is 0.0792. The summed E-state index contributed by atoms with van der Waals surface area (Å²) in [6.07, 6.45) is 3.68. The van der Waals surface area contributed by atoms with Crippen LogP contribution in [0.2, 0.25) is 0 Å². The van der Waals surface area contributed by atoms with E-state index in [1.165, 1.54) is 0 Å². The number of benzene rings is 2. The third kappa shape index (κ3) is 6.15. The van der Waals surface area contributed by atoms with E-state index in [0.29, 0.717) is 13.2 Å². The van der Waals surface area contributed by atoms with Crippen molar-refractivity contribution in [3.8, 4) is 11.8 Å². The van der Waals surface area contributed by atoms with Crippen LogP contribution in [0.25, 0.3) is 6.08 Å². The van der Waals surface area contributed by atoms with Crippen LogP contribution in [0.5, 0.6) is 5.75 Å². The predicted octanol–water partition coefficient (Wildman–Crippen LogP) is 4.09. The van der Waals surface area contributed by atoms with E-state index in [4.69, 9.17) is 4.74 Å². The van der Waals surface area contributed by atoms with E-state index in [9.17, 15) is 10.1 Å². The third-order valence-corrected chi connectivity index (χ3v) is 3.62. The number of hydrogen-bond acceptors (Lipinski definition) is 3.